The summed E-state index contributed by atoms with van der Waals surface area (Å²) in [6.07, 6.45) is 7.97. The lowest BCUT2D eigenvalue weighted by molar-refractivity contribution is 0.0592. The average molecular weight is 213 g/mol. The van der Waals surface area contributed by atoms with E-state index in [2.05, 4.69) is 26.2 Å². The van der Waals surface area contributed by atoms with Gasteiger partial charge in [-0.15, -0.1) is 0 Å². The topological polar surface area (TPSA) is 21.3 Å². The van der Waals surface area contributed by atoms with Gasteiger partial charge < -0.3 is 10.1 Å². The predicted octanol–water partition coefficient (Wildman–Crippen LogP) is 2.97. The molecule has 2 nitrogen and oxygen atoms in total. The first-order chi connectivity index (χ1) is 7.29. The molecule has 1 rings (SSSR count). The van der Waals surface area contributed by atoms with Gasteiger partial charge in [0.15, 0.2) is 0 Å². The van der Waals surface area contributed by atoms with Gasteiger partial charge in [-0.05, 0) is 38.1 Å². The molecule has 0 bridgehead atoms. The van der Waals surface area contributed by atoms with Gasteiger partial charge in [0.2, 0.25) is 0 Å². The Morgan fingerprint density at radius 2 is 1.93 bits per heavy atom. The molecular formula is C13H27NO. The summed E-state index contributed by atoms with van der Waals surface area (Å²) in [5.41, 5.74) is 0.516. The van der Waals surface area contributed by atoms with E-state index < -0.39 is 0 Å². The fourth-order valence-corrected chi connectivity index (χ4v) is 2.94. The van der Waals surface area contributed by atoms with Gasteiger partial charge in [0.25, 0.3) is 0 Å². The Morgan fingerprint density at radius 1 is 1.27 bits per heavy atom. The zero-order chi connectivity index (χ0) is 11.1. The summed E-state index contributed by atoms with van der Waals surface area (Å²) >= 11 is 0. The molecule has 0 amide bonds. The maximum Gasteiger partial charge on any atom is 0.0624 e. The summed E-state index contributed by atoms with van der Waals surface area (Å²) in [7, 11) is 2.08. The Labute approximate surface area is 94.8 Å². The van der Waals surface area contributed by atoms with Gasteiger partial charge >= 0.3 is 0 Å². The zero-order valence-electron chi connectivity index (χ0n) is 10.6. The SMILES string of the molecule is CCCOCC(NC)C1(CC)CCCC1. The van der Waals surface area contributed by atoms with Gasteiger partial charge in [-0.1, -0.05) is 26.7 Å². The summed E-state index contributed by atoms with van der Waals surface area (Å²) in [4.78, 5) is 0. The minimum Gasteiger partial charge on any atom is -0.380 e. The molecule has 15 heavy (non-hydrogen) atoms. The van der Waals surface area contributed by atoms with Crippen LogP contribution in [0.5, 0.6) is 0 Å². The van der Waals surface area contributed by atoms with E-state index >= 15 is 0 Å². The van der Waals surface area contributed by atoms with Gasteiger partial charge in [-0.25, -0.2) is 0 Å². The van der Waals surface area contributed by atoms with E-state index in [1.54, 1.807) is 0 Å². The first-order valence-corrected chi connectivity index (χ1v) is 6.54. The maximum atomic E-state index is 5.71. The van der Waals surface area contributed by atoms with Crippen LogP contribution in [0.15, 0.2) is 0 Å². The fraction of sp³-hybridized carbons (Fsp3) is 1.00. The first-order valence-electron chi connectivity index (χ1n) is 6.54. The van der Waals surface area contributed by atoms with Crippen LogP contribution in [0.1, 0.15) is 52.4 Å². The van der Waals surface area contributed by atoms with Gasteiger partial charge in [0.1, 0.15) is 0 Å². The Kier molecular flexibility index (Phi) is 5.62. The summed E-state index contributed by atoms with van der Waals surface area (Å²) in [6, 6.07) is 0.552. The van der Waals surface area contributed by atoms with Gasteiger partial charge in [-0.3, -0.25) is 0 Å². The molecule has 0 aliphatic heterocycles. The highest BCUT2D eigenvalue weighted by atomic mass is 16.5. The normalized spacial score (nSPS) is 21.8. The van der Waals surface area contributed by atoms with E-state index in [9.17, 15) is 0 Å². The summed E-state index contributed by atoms with van der Waals surface area (Å²) in [5.74, 6) is 0. The molecule has 0 aromatic rings. The average Bonchev–Trinajstić information content (AvgIpc) is 2.74. The minimum absolute atomic E-state index is 0.516. The van der Waals surface area contributed by atoms with Gasteiger partial charge in [0.05, 0.1) is 6.61 Å². The fourth-order valence-electron chi connectivity index (χ4n) is 2.94. The van der Waals surface area contributed by atoms with Crippen molar-refractivity contribution in [2.75, 3.05) is 20.3 Å². The zero-order valence-corrected chi connectivity index (χ0v) is 10.6. The van der Waals surface area contributed by atoms with E-state index in [1.165, 1.54) is 32.1 Å². The minimum atomic E-state index is 0.516. The Morgan fingerprint density at radius 3 is 2.40 bits per heavy atom. The number of hydrogen-bond acceptors (Lipinski definition) is 2. The Balaban J connectivity index is 2.46. The van der Waals surface area contributed by atoms with Crippen molar-refractivity contribution in [1.29, 1.82) is 0 Å². The largest absolute Gasteiger partial charge is 0.380 e. The first kappa shape index (κ1) is 13.0. The molecule has 1 aliphatic carbocycles. The number of rotatable bonds is 7. The van der Waals surface area contributed by atoms with Crippen LogP contribution in [0.4, 0.5) is 0 Å². The lowest BCUT2D eigenvalue weighted by Gasteiger charge is -2.36. The van der Waals surface area contributed by atoms with Crippen molar-refractivity contribution >= 4 is 0 Å². The number of hydrogen-bond donors (Lipinski definition) is 1. The van der Waals surface area contributed by atoms with Crippen LogP contribution >= 0.6 is 0 Å². The molecule has 1 saturated carbocycles. The molecule has 0 aromatic carbocycles. The van der Waals surface area contributed by atoms with Crippen LogP contribution in [0, 0.1) is 5.41 Å². The van der Waals surface area contributed by atoms with Crippen molar-refractivity contribution in [1.82, 2.24) is 5.32 Å². The van der Waals surface area contributed by atoms with Crippen molar-refractivity contribution in [2.45, 2.75) is 58.4 Å². The monoisotopic (exact) mass is 213 g/mol. The Hall–Kier alpha value is -0.0800. The molecule has 1 unspecified atom stereocenters. The summed E-state index contributed by atoms with van der Waals surface area (Å²) in [6.45, 7) is 6.28. The molecule has 90 valence electrons. The highest BCUT2D eigenvalue weighted by Gasteiger charge is 2.38. The van der Waals surface area contributed by atoms with Crippen LogP contribution in [-0.2, 0) is 4.74 Å². The maximum absolute atomic E-state index is 5.71. The number of ether oxygens (including phenoxy) is 1. The standard InChI is InChI=1S/C13H27NO/c1-4-10-15-11-12(14-3)13(5-2)8-6-7-9-13/h12,14H,4-11H2,1-3H3. The van der Waals surface area contributed by atoms with Crippen molar-refractivity contribution < 1.29 is 4.74 Å². The van der Waals surface area contributed by atoms with Crippen LogP contribution < -0.4 is 5.32 Å². The third kappa shape index (κ3) is 3.18. The van der Waals surface area contributed by atoms with Crippen LogP contribution in [0.3, 0.4) is 0 Å². The van der Waals surface area contributed by atoms with E-state index in [0.29, 0.717) is 11.5 Å². The van der Waals surface area contributed by atoms with Crippen LogP contribution in [0.2, 0.25) is 0 Å². The highest BCUT2D eigenvalue weighted by molar-refractivity contribution is 4.93. The molecular weight excluding hydrogens is 186 g/mol. The third-order valence-corrected chi connectivity index (χ3v) is 4.02. The van der Waals surface area contributed by atoms with Crippen molar-refractivity contribution in [3.63, 3.8) is 0 Å². The van der Waals surface area contributed by atoms with E-state index in [-0.39, 0.29) is 0 Å². The van der Waals surface area contributed by atoms with E-state index in [4.69, 9.17) is 4.74 Å². The molecule has 1 fully saturated rings. The van der Waals surface area contributed by atoms with Crippen molar-refractivity contribution in [3.8, 4) is 0 Å². The third-order valence-electron chi connectivity index (χ3n) is 4.02. The van der Waals surface area contributed by atoms with E-state index in [0.717, 1.165) is 19.6 Å². The van der Waals surface area contributed by atoms with E-state index in [1.807, 2.05) is 0 Å². The second-order valence-electron chi connectivity index (χ2n) is 4.84. The molecule has 0 heterocycles. The van der Waals surface area contributed by atoms with Crippen molar-refractivity contribution in [3.05, 3.63) is 0 Å². The van der Waals surface area contributed by atoms with Crippen LogP contribution in [-0.4, -0.2) is 26.3 Å². The molecule has 0 saturated heterocycles. The van der Waals surface area contributed by atoms with Gasteiger partial charge in [-0.2, -0.15) is 0 Å². The van der Waals surface area contributed by atoms with Gasteiger partial charge in [0, 0.05) is 12.6 Å². The summed E-state index contributed by atoms with van der Waals surface area (Å²) in [5, 5.41) is 3.47. The lowest BCUT2D eigenvalue weighted by atomic mass is 9.76. The highest BCUT2D eigenvalue weighted by Crippen LogP contribution is 2.43. The quantitative estimate of drug-likeness (QED) is 0.656. The smallest absolute Gasteiger partial charge is 0.0624 e. The number of nitrogens with one attached hydrogen (secondary N) is 1. The summed E-state index contributed by atoms with van der Waals surface area (Å²) < 4.78 is 5.71. The Bertz CT molecular complexity index is 164. The molecule has 0 spiro atoms. The number of likely N-dealkylation sites (N-methyl/N-ethyl adjacent to an activating group) is 1. The second kappa shape index (κ2) is 6.49. The van der Waals surface area contributed by atoms with Crippen molar-refractivity contribution in [2.24, 2.45) is 5.41 Å². The molecule has 1 aliphatic rings. The second-order valence-corrected chi connectivity index (χ2v) is 4.84. The molecule has 0 aromatic heterocycles. The lowest BCUT2D eigenvalue weighted by Crippen LogP contribution is -2.45. The molecule has 2 heteroatoms. The molecule has 1 N–H and O–H groups in total. The molecule has 0 radical (unpaired) electrons. The van der Waals surface area contributed by atoms with Crippen LogP contribution in [0.25, 0.3) is 0 Å². The predicted molar refractivity (Wildman–Crippen MR) is 65.1 cm³/mol. The molecule has 1 atom stereocenters.